The molecule has 0 spiro atoms. The number of primary amides is 1. The summed E-state index contributed by atoms with van der Waals surface area (Å²) in [4.78, 5) is 20.4. The molecule has 1 unspecified atom stereocenters. The molecule has 0 aromatic carbocycles. The molecule has 4 heterocycles. The van der Waals surface area contributed by atoms with Gasteiger partial charge in [-0.2, -0.15) is 0 Å². The zero-order chi connectivity index (χ0) is 19.9. The number of nitrogens with two attached hydrogens (primary N) is 1. The summed E-state index contributed by atoms with van der Waals surface area (Å²) in [6.45, 7) is 3.94. The number of rotatable bonds is 5. The topological polar surface area (TPSA) is 112 Å². The molecule has 10 heteroatoms. The number of hydrogen-bond donors (Lipinski definition) is 2. The number of imidazole rings is 1. The van der Waals surface area contributed by atoms with Crippen molar-refractivity contribution < 1.29 is 4.79 Å². The lowest BCUT2D eigenvalue weighted by Gasteiger charge is -2.26. The Kier molecular flexibility index (Phi) is 4.72. The van der Waals surface area contributed by atoms with Crippen LogP contribution in [0.1, 0.15) is 25.6 Å². The third-order valence-electron chi connectivity index (χ3n) is 4.45. The standard InChI is InChI=1S/C18H18ClN7OS/c1-18(2,15-10(19)4-3-7-21-15)23-14-6-5-11(24-25-14)12-8-26-13(16(20)27)9-28-17(26)22-12/h3-8,13H,9H2,1-2H3,(H2,20,27)(H,23,25). The summed E-state index contributed by atoms with van der Waals surface area (Å²) in [6, 6.07) is 6.87. The first-order valence-corrected chi connectivity index (χ1v) is 9.96. The number of carbonyl (C=O) groups is 1. The molecule has 1 aliphatic heterocycles. The van der Waals surface area contributed by atoms with E-state index in [1.807, 2.05) is 26.0 Å². The first-order chi connectivity index (χ1) is 13.3. The summed E-state index contributed by atoms with van der Waals surface area (Å²) in [7, 11) is 0. The summed E-state index contributed by atoms with van der Waals surface area (Å²) in [5.74, 6) is 0.834. The number of nitrogens with one attached hydrogen (secondary N) is 1. The van der Waals surface area contributed by atoms with Crippen molar-refractivity contribution in [1.82, 2.24) is 24.7 Å². The largest absolute Gasteiger partial charge is 0.368 e. The molecule has 3 aromatic rings. The number of fused-ring (bicyclic) bond motifs is 1. The van der Waals surface area contributed by atoms with Gasteiger partial charge in [0.25, 0.3) is 0 Å². The van der Waals surface area contributed by atoms with E-state index in [9.17, 15) is 4.79 Å². The number of nitrogens with zero attached hydrogens (tertiary/aromatic N) is 5. The Labute approximate surface area is 170 Å². The van der Waals surface area contributed by atoms with Crippen LogP contribution >= 0.6 is 23.4 Å². The highest BCUT2D eigenvalue weighted by Crippen LogP contribution is 2.35. The van der Waals surface area contributed by atoms with Gasteiger partial charge in [0.1, 0.15) is 23.2 Å². The Balaban J connectivity index is 1.55. The number of amides is 1. The van der Waals surface area contributed by atoms with E-state index in [0.29, 0.717) is 28.0 Å². The number of carbonyl (C=O) groups excluding carboxylic acids is 1. The molecular formula is C18H18ClN7OS. The van der Waals surface area contributed by atoms with Crippen molar-refractivity contribution in [1.29, 1.82) is 0 Å². The van der Waals surface area contributed by atoms with E-state index in [4.69, 9.17) is 17.3 Å². The van der Waals surface area contributed by atoms with E-state index in [0.717, 1.165) is 10.9 Å². The van der Waals surface area contributed by atoms with Crippen molar-refractivity contribution in [3.05, 3.63) is 47.4 Å². The number of aromatic nitrogens is 5. The lowest BCUT2D eigenvalue weighted by atomic mass is 10.00. The fraction of sp³-hybridized carbons (Fsp3) is 0.278. The zero-order valence-corrected chi connectivity index (χ0v) is 16.8. The minimum atomic E-state index is -0.532. The van der Waals surface area contributed by atoms with Gasteiger partial charge in [0.15, 0.2) is 5.16 Å². The number of pyridine rings is 1. The van der Waals surface area contributed by atoms with Crippen LogP contribution in [0, 0.1) is 0 Å². The van der Waals surface area contributed by atoms with Gasteiger partial charge in [-0.1, -0.05) is 23.4 Å². The average Bonchev–Trinajstić information content (AvgIpc) is 3.22. The van der Waals surface area contributed by atoms with Crippen molar-refractivity contribution in [2.45, 2.75) is 30.6 Å². The van der Waals surface area contributed by atoms with Crippen LogP contribution in [0.4, 0.5) is 5.82 Å². The van der Waals surface area contributed by atoms with Gasteiger partial charge in [0, 0.05) is 18.1 Å². The van der Waals surface area contributed by atoms with Crippen molar-refractivity contribution in [2.75, 3.05) is 11.1 Å². The molecule has 0 aliphatic carbocycles. The van der Waals surface area contributed by atoms with Gasteiger partial charge in [-0.25, -0.2) is 4.98 Å². The highest BCUT2D eigenvalue weighted by molar-refractivity contribution is 7.99. The van der Waals surface area contributed by atoms with Crippen LogP contribution in [-0.2, 0) is 10.3 Å². The Hall–Kier alpha value is -2.65. The summed E-state index contributed by atoms with van der Waals surface area (Å²) in [5.41, 5.74) is 6.91. The van der Waals surface area contributed by atoms with Crippen LogP contribution < -0.4 is 11.1 Å². The molecule has 3 aromatic heterocycles. The molecule has 144 valence electrons. The second-order valence-electron chi connectivity index (χ2n) is 6.93. The molecule has 0 bridgehead atoms. The van der Waals surface area contributed by atoms with Crippen molar-refractivity contribution in [3.8, 4) is 11.4 Å². The maximum absolute atomic E-state index is 11.5. The molecule has 0 fully saturated rings. The summed E-state index contributed by atoms with van der Waals surface area (Å²) in [6.07, 6.45) is 3.49. The van der Waals surface area contributed by atoms with Crippen LogP contribution in [0.25, 0.3) is 11.4 Å². The summed E-state index contributed by atoms with van der Waals surface area (Å²) < 4.78 is 1.79. The molecule has 28 heavy (non-hydrogen) atoms. The smallest absolute Gasteiger partial charge is 0.241 e. The van der Waals surface area contributed by atoms with Gasteiger partial charge in [-0.05, 0) is 38.1 Å². The molecule has 0 radical (unpaired) electrons. The predicted octanol–water partition coefficient (Wildman–Crippen LogP) is 2.87. The quantitative estimate of drug-likeness (QED) is 0.658. The monoisotopic (exact) mass is 415 g/mol. The summed E-state index contributed by atoms with van der Waals surface area (Å²) >= 11 is 7.77. The highest BCUT2D eigenvalue weighted by Gasteiger charge is 2.29. The van der Waals surface area contributed by atoms with Gasteiger partial charge in [-0.15, -0.1) is 10.2 Å². The number of hydrogen-bond acceptors (Lipinski definition) is 7. The molecule has 3 N–H and O–H groups in total. The van der Waals surface area contributed by atoms with Crippen molar-refractivity contribution >= 4 is 35.1 Å². The third-order valence-corrected chi connectivity index (χ3v) is 5.80. The maximum Gasteiger partial charge on any atom is 0.241 e. The molecule has 1 aliphatic rings. The van der Waals surface area contributed by atoms with Gasteiger partial charge in [-0.3, -0.25) is 9.78 Å². The maximum atomic E-state index is 11.5. The molecule has 8 nitrogen and oxygen atoms in total. The van der Waals surface area contributed by atoms with Gasteiger partial charge in [0.05, 0.1) is 16.3 Å². The van der Waals surface area contributed by atoms with E-state index < -0.39 is 5.54 Å². The highest BCUT2D eigenvalue weighted by atomic mass is 35.5. The molecular weight excluding hydrogens is 398 g/mol. The van der Waals surface area contributed by atoms with Gasteiger partial charge < -0.3 is 15.6 Å². The van der Waals surface area contributed by atoms with E-state index >= 15 is 0 Å². The number of thioether (sulfide) groups is 1. The fourth-order valence-electron chi connectivity index (χ4n) is 3.04. The Bertz CT molecular complexity index is 1030. The molecule has 1 amide bonds. The number of anilines is 1. The first kappa shape index (κ1) is 18.7. The Morgan fingerprint density at radius 3 is 2.82 bits per heavy atom. The van der Waals surface area contributed by atoms with E-state index in [1.165, 1.54) is 11.8 Å². The van der Waals surface area contributed by atoms with E-state index in [1.54, 1.807) is 29.1 Å². The van der Waals surface area contributed by atoms with Crippen LogP contribution in [0.2, 0.25) is 5.02 Å². The first-order valence-electron chi connectivity index (χ1n) is 8.59. The van der Waals surface area contributed by atoms with Gasteiger partial charge in [0.2, 0.25) is 5.91 Å². The molecule has 0 saturated heterocycles. The molecule has 1 atom stereocenters. The normalized spacial score (nSPS) is 16.0. The lowest BCUT2D eigenvalue weighted by Crippen LogP contribution is -2.30. The molecule has 4 rings (SSSR count). The SMILES string of the molecule is CC(C)(Nc1ccc(-c2cn3c(n2)SCC3C(N)=O)nn1)c1ncccc1Cl. The van der Waals surface area contributed by atoms with Gasteiger partial charge >= 0.3 is 0 Å². The average molecular weight is 416 g/mol. The Morgan fingerprint density at radius 2 is 2.14 bits per heavy atom. The lowest BCUT2D eigenvalue weighted by molar-refractivity contribution is -0.120. The fourth-order valence-corrected chi connectivity index (χ4v) is 4.53. The van der Waals surface area contributed by atoms with E-state index in [-0.39, 0.29) is 11.9 Å². The Morgan fingerprint density at radius 1 is 1.32 bits per heavy atom. The van der Waals surface area contributed by atoms with Crippen LogP contribution in [0.5, 0.6) is 0 Å². The minimum Gasteiger partial charge on any atom is -0.368 e. The van der Waals surface area contributed by atoms with Crippen molar-refractivity contribution in [2.24, 2.45) is 5.73 Å². The summed E-state index contributed by atoms with van der Waals surface area (Å²) in [5, 5.41) is 13.2. The van der Waals surface area contributed by atoms with Crippen LogP contribution in [0.3, 0.4) is 0 Å². The number of halogens is 1. The second-order valence-corrected chi connectivity index (χ2v) is 8.33. The second kappa shape index (κ2) is 7.06. The third kappa shape index (κ3) is 3.43. The molecule has 0 saturated carbocycles. The zero-order valence-electron chi connectivity index (χ0n) is 15.3. The van der Waals surface area contributed by atoms with Crippen LogP contribution in [0.15, 0.2) is 41.8 Å². The van der Waals surface area contributed by atoms with Crippen LogP contribution in [-0.4, -0.2) is 36.4 Å². The predicted molar refractivity (Wildman–Crippen MR) is 108 cm³/mol. The minimum absolute atomic E-state index is 0.365. The van der Waals surface area contributed by atoms with E-state index in [2.05, 4.69) is 25.5 Å². The van der Waals surface area contributed by atoms with Crippen molar-refractivity contribution in [3.63, 3.8) is 0 Å².